The lowest BCUT2D eigenvalue weighted by Crippen LogP contribution is -2.23. The number of aromatic nitrogens is 3. The van der Waals surface area contributed by atoms with E-state index in [4.69, 9.17) is 4.42 Å². The molecule has 0 saturated heterocycles. The highest BCUT2D eigenvalue weighted by molar-refractivity contribution is 5.76. The van der Waals surface area contributed by atoms with E-state index in [1.807, 2.05) is 19.9 Å². The molecule has 7 nitrogen and oxygen atoms in total. The number of hydrogen-bond donors (Lipinski definition) is 2. The summed E-state index contributed by atoms with van der Waals surface area (Å²) in [6, 6.07) is 5.06. The Balaban J connectivity index is 1.69. The van der Waals surface area contributed by atoms with Gasteiger partial charge in [0.05, 0.1) is 12.8 Å². The van der Waals surface area contributed by atoms with Crippen LogP contribution in [0, 0.1) is 13.8 Å². The Hall–Kier alpha value is -2.83. The second-order valence-electron chi connectivity index (χ2n) is 5.43. The molecule has 0 radical (unpaired) electrons. The molecule has 0 saturated carbocycles. The van der Waals surface area contributed by atoms with Gasteiger partial charge >= 0.3 is 0 Å². The molecule has 0 aliphatic rings. The summed E-state index contributed by atoms with van der Waals surface area (Å²) in [6.07, 6.45) is 2.48. The van der Waals surface area contributed by atoms with Crippen molar-refractivity contribution in [2.24, 2.45) is 0 Å². The highest BCUT2D eigenvalue weighted by atomic mass is 16.3. The zero-order valence-electron chi connectivity index (χ0n) is 13.0. The number of nitrogens with zero attached hydrogens (tertiary/aromatic N) is 2. The smallest absolute Gasteiger partial charge is 0.266 e. The molecule has 1 amide bonds. The van der Waals surface area contributed by atoms with E-state index in [2.05, 4.69) is 15.4 Å². The third-order valence-electron chi connectivity index (χ3n) is 3.84. The lowest BCUT2D eigenvalue weighted by Gasteiger charge is -2.11. The van der Waals surface area contributed by atoms with Crippen molar-refractivity contribution in [1.29, 1.82) is 0 Å². The molecule has 2 N–H and O–H groups in total. The van der Waals surface area contributed by atoms with E-state index in [9.17, 15) is 9.59 Å². The van der Waals surface area contributed by atoms with Gasteiger partial charge in [0.15, 0.2) is 5.65 Å². The van der Waals surface area contributed by atoms with Crippen LogP contribution >= 0.6 is 0 Å². The molecule has 0 aliphatic carbocycles. The first-order valence-corrected chi connectivity index (χ1v) is 7.41. The van der Waals surface area contributed by atoms with Crippen molar-refractivity contribution in [2.75, 3.05) is 0 Å². The quantitative estimate of drug-likeness (QED) is 0.746. The van der Waals surface area contributed by atoms with Gasteiger partial charge in [-0.1, -0.05) is 0 Å². The van der Waals surface area contributed by atoms with Crippen molar-refractivity contribution in [3.8, 4) is 0 Å². The molecule has 7 heteroatoms. The first-order chi connectivity index (χ1) is 11.0. The Kier molecular flexibility index (Phi) is 4.01. The minimum absolute atomic E-state index is 0.0544. The molecule has 23 heavy (non-hydrogen) atoms. The van der Waals surface area contributed by atoms with Crippen LogP contribution < -0.4 is 10.9 Å². The zero-order chi connectivity index (χ0) is 16.4. The van der Waals surface area contributed by atoms with Gasteiger partial charge in [0.25, 0.3) is 5.56 Å². The Morgan fingerprint density at radius 2 is 2.26 bits per heavy atom. The molecule has 3 aromatic rings. The predicted molar refractivity (Wildman–Crippen MR) is 84.2 cm³/mol. The van der Waals surface area contributed by atoms with Crippen molar-refractivity contribution in [1.82, 2.24) is 19.9 Å². The fraction of sp³-hybridized carbons (Fsp3) is 0.312. The summed E-state index contributed by atoms with van der Waals surface area (Å²) in [5, 5.41) is 5.53. The van der Waals surface area contributed by atoms with E-state index in [0.717, 1.165) is 22.7 Å². The molecule has 0 bridgehead atoms. The van der Waals surface area contributed by atoms with Crippen LogP contribution in [0.1, 0.15) is 29.1 Å². The van der Waals surface area contributed by atoms with Gasteiger partial charge in [-0.05, 0) is 38.0 Å². The number of fused-ring (bicyclic) bond motifs is 1. The highest BCUT2D eigenvalue weighted by Crippen LogP contribution is 2.15. The largest absolute Gasteiger partial charge is 0.467 e. The summed E-state index contributed by atoms with van der Waals surface area (Å²) in [4.78, 5) is 27.8. The summed E-state index contributed by atoms with van der Waals surface area (Å²) in [6.45, 7) is 4.18. The van der Waals surface area contributed by atoms with Gasteiger partial charge in [-0.25, -0.2) is 9.50 Å². The maximum absolute atomic E-state index is 12.0. The fourth-order valence-corrected chi connectivity index (χ4v) is 2.64. The summed E-state index contributed by atoms with van der Waals surface area (Å²) < 4.78 is 6.83. The molecule has 0 aliphatic heterocycles. The molecule has 3 aromatic heterocycles. The van der Waals surface area contributed by atoms with Crippen LogP contribution in [0.4, 0.5) is 0 Å². The average molecular weight is 314 g/mol. The first kappa shape index (κ1) is 15.1. The standard InChI is InChI=1S/C16H18N4O3/c1-10-13(11(2)20-14(18-10)8-16(22)19-20)5-6-15(21)17-9-12-4-3-7-23-12/h3-4,7-8H,5-6,9H2,1-2H3,(H,17,21)(H,19,22). The normalized spacial score (nSPS) is 11.0. The van der Waals surface area contributed by atoms with Gasteiger partial charge < -0.3 is 9.73 Å². The van der Waals surface area contributed by atoms with Crippen LogP contribution in [-0.2, 0) is 17.8 Å². The molecule has 0 aromatic carbocycles. The van der Waals surface area contributed by atoms with Crippen molar-refractivity contribution in [2.45, 2.75) is 33.2 Å². The summed E-state index contributed by atoms with van der Waals surface area (Å²) in [5.41, 5.74) is 3.11. The van der Waals surface area contributed by atoms with Gasteiger partial charge in [-0.2, -0.15) is 0 Å². The number of carbonyl (C=O) groups excluding carboxylic acids is 1. The number of nitrogens with one attached hydrogen (secondary N) is 2. The van der Waals surface area contributed by atoms with Crippen LogP contribution in [0.5, 0.6) is 0 Å². The number of furan rings is 1. The first-order valence-electron chi connectivity index (χ1n) is 7.41. The average Bonchev–Trinajstić information content (AvgIpc) is 3.14. The monoisotopic (exact) mass is 314 g/mol. The van der Waals surface area contributed by atoms with Crippen molar-refractivity contribution < 1.29 is 9.21 Å². The molecule has 0 atom stereocenters. The van der Waals surface area contributed by atoms with Gasteiger partial charge in [0.2, 0.25) is 5.91 Å². The molecule has 120 valence electrons. The van der Waals surface area contributed by atoms with E-state index < -0.39 is 0 Å². The predicted octanol–water partition coefficient (Wildman–Crippen LogP) is 1.48. The van der Waals surface area contributed by atoms with Gasteiger partial charge in [-0.15, -0.1) is 0 Å². The van der Waals surface area contributed by atoms with Gasteiger partial charge in [0.1, 0.15) is 5.76 Å². The van der Waals surface area contributed by atoms with Crippen LogP contribution in [0.25, 0.3) is 5.65 Å². The highest BCUT2D eigenvalue weighted by Gasteiger charge is 2.12. The molecule has 0 unspecified atom stereocenters. The molecule has 0 spiro atoms. The zero-order valence-corrected chi connectivity index (χ0v) is 13.0. The fourth-order valence-electron chi connectivity index (χ4n) is 2.64. The third kappa shape index (κ3) is 3.18. The number of hydrogen-bond acceptors (Lipinski definition) is 4. The Morgan fingerprint density at radius 3 is 3.00 bits per heavy atom. The maximum Gasteiger partial charge on any atom is 0.266 e. The summed E-state index contributed by atoms with van der Waals surface area (Å²) >= 11 is 0. The van der Waals surface area contributed by atoms with Crippen molar-refractivity contribution in [3.05, 3.63) is 57.5 Å². The van der Waals surface area contributed by atoms with E-state index >= 15 is 0 Å². The lowest BCUT2D eigenvalue weighted by molar-refractivity contribution is -0.121. The van der Waals surface area contributed by atoms with E-state index in [0.29, 0.717) is 25.0 Å². The van der Waals surface area contributed by atoms with Crippen molar-refractivity contribution in [3.63, 3.8) is 0 Å². The number of carbonyl (C=O) groups is 1. The third-order valence-corrected chi connectivity index (χ3v) is 3.84. The number of aromatic amines is 1. The van der Waals surface area contributed by atoms with Crippen LogP contribution in [0.3, 0.4) is 0 Å². The summed E-state index contributed by atoms with van der Waals surface area (Å²) in [7, 11) is 0. The molecular weight excluding hydrogens is 296 g/mol. The topological polar surface area (TPSA) is 92.4 Å². The van der Waals surface area contributed by atoms with Crippen molar-refractivity contribution >= 4 is 11.6 Å². The van der Waals surface area contributed by atoms with E-state index in [1.165, 1.54) is 6.07 Å². The molecule has 3 rings (SSSR count). The lowest BCUT2D eigenvalue weighted by atomic mass is 10.1. The van der Waals surface area contributed by atoms with Gasteiger partial charge in [-0.3, -0.25) is 14.7 Å². The van der Waals surface area contributed by atoms with Crippen LogP contribution in [0.2, 0.25) is 0 Å². The van der Waals surface area contributed by atoms with Crippen LogP contribution in [0.15, 0.2) is 33.7 Å². The molecule has 0 fully saturated rings. The van der Waals surface area contributed by atoms with Gasteiger partial charge in [0, 0.05) is 23.9 Å². The number of H-pyrrole nitrogens is 1. The maximum atomic E-state index is 12.0. The Labute approximate surface area is 132 Å². The van der Waals surface area contributed by atoms with E-state index in [1.54, 1.807) is 16.8 Å². The number of aryl methyl sites for hydroxylation is 2. The number of rotatable bonds is 5. The molecule has 3 heterocycles. The Morgan fingerprint density at radius 1 is 1.43 bits per heavy atom. The minimum Gasteiger partial charge on any atom is -0.467 e. The van der Waals surface area contributed by atoms with E-state index in [-0.39, 0.29) is 11.5 Å². The van der Waals surface area contributed by atoms with Crippen LogP contribution in [-0.4, -0.2) is 20.5 Å². The second-order valence-corrected chi connectivity index (χ2v) is 5.43. The molecular formula is C16H18N4O3. The SMILES string of the molecule is Cc1nc2cc(=O)[nH]n2c(C)c1CCC(=O)NCc1ccco1. The Bertz CT molecular complexity index is 890. The number of amides is 1. The second kappa shape index (κ2) is 6.12. The summed E-state index contributed by atoms with van der Waals surface area (Å²) in [5.74, 6) is 0.667. The minimum atomic E-state index is -0.187.